The molecule has 2 rings (SSSR count). The highest BCUT2D eigenvalue weighted by atomic mass is 32.3. The number of aliphatic hydroxyl groups is 4. The van der Waals surface area contributed by atoms with Gasteiger partial charge in [0.1, 0.15) is 30.5 Å². The average Bonchev–Trinajstić information content (AvgIpc) is 2.61. The van der Waals surface area contributed by atoms with E-state index in [1.165, 1.54) is 4.72 Å². The smallest absolute Gasteiger partial charge is 0.397 e. The number of hydrogen-bond donors (Lipinski definition) is 8. The molecule has 0 saturated carbocycles. The fraction of sp³-hybridized carbons (Fsp3) is 0.750. The zero-order valence-electron chi connectivity index (χ0n) is 15.0. The molecule has 0 amide bonds. The number of aliphatic carboxylic acids is 1. The van der Waals surface area contributed by atoms with E-state index in [4.69, 9.17) is 28.4 Å². The third-order valence-electron chi connectivity index (χ3n) is 4.06. The summed E-state index contributed by atoms with van der Waals surface area (Å²) in [6.45, 7) is -0.974. The van der Waals surface area contributed by atoms with Crippen molar-refractivity contribution < 1.29 is 74.7 Å². The van der Waals surface area contributed by atoms with E-state index in [2.05, 4.69) is 4.18 Å². The van der Waals surface area contributed by atoms with Gasteiger partial charge in [0.15, 0.2) is 12.4 Å². The molecule has 8 N–H and O–H groups in total. The Kier molecular flexibility index (Phi) is 7.95. The van der Waals surface area contributed by atoms with Crippen LogP contribution in [0.25, 0.3) is 0 Å². The summed E-state index contributed by atoms with van der Waals surface area (Å²) >= 11 is 0. The maximum absolute atomic E-state index is 11.1. The Labute approximate surface area is 174 Å². The Morgan fingerprint density at radius 2 is 1.74 bits per heavy atom. The van der Waals surface area contributed by atoms with Crippen LogP contribution in [-0.2, 0) is 43.9 Å². The second kappa shape index (κ2) is 9.56. The summed E-state index contributed by atoms with van der Waals surface area (Å²) in [6, 6.07) is -1.98. The van der Waals surface area contributed by atoms with Crippen molar-refractivity contribution in [2.75, 3.05) is 6.61 Å². The van der Waals surface area contributed by atoms with Crippen LogP contribution in [0, 0.1) is 0 Å². The first kappa shape index (κ1) is 25.8. The zero-order valence-corrected chi connectivity index (χ0v) is 16.7. The van der Waals surface area contributed by atoms with Crippen molar-refractivity contribution in [2.24, 2.45) is 0 Å². The lowest BCUT2D eigenvalue weighted by Gasteiger charge is -2.44. The normalized spacial score (nSPS) is 37.0. The van der Waals surface area contributed by atoms with Gasteiger partial charge < -0.3 is 39.7 Å². The summed E-state index contributed by atoms with van der Waals surface area (Å²) in [5, 5.41) is 48.6. The van der Waals surface area contributed by atoms with E-state index in [1.54, 1.807) is 0 Å². The van der Waals surface area contributed by atoms with Crippen LogP contribution in [-0.4, -0.2) is 113 Å². The summed E-state index contributed by atoms with van der Waals surface area (Å²) < 4.78 is 82.5. The quantitative estimate of drug-likeness (QED) is 0.146. The lowest BCUT2D eigenvalue weighted by atomic mass is 9.97. The molecule has 0 aliphatic carbocycles. The lowest BCUT2D eigenvalue weighted by Crippen LogP contribution is -2.66. The van der Waals surface area contributed by atoms with Crippen LogP contribution in [0.4, 0.5) is 0 Å². The van der Waals surface area contributed by atoms with Gasteiger partial charge in [-0.25, -0.2) is 8.98 Å². The Hall–Kier alpha value is -1.49. The molecule has 2 heterocycles. The van der Waals surface area contributed by atoms with Crippen molar-refractivity contribution in [3.8, 4) is 0 Å². The largest absolute Gasteiger partial charge is 0.475 e. The molecule has 0 aromatic rings. The molecule has 17 nitrogen and oxygen atoms in total. The van der Waals surface area contributed by atoms with Crippen molar-refractivity contribution >= 4 is 26.7 Å². The Balaban J connectivity index is 2.36. The molecule has 1 saturated heterocycles. The van der Waals surface area contributed by atoms with Crippen LogP contribution >= 0.6 is 0 Å². The SMILES string of the molecule is O=C(O)C1=C[C@@H](O)[C@H](OS(=O)(=O)O)[C@@H](O[C@H]2[C@H](O)[C@@H](NS(=O)(=O)O)C(O)O[C@@H]2CO)O1. The van der Waals surface area contributed by atoms with Gasteiger partial charge in [-0.2, -0.15) is 21.6 Å². The van der Waals surface area contributed by atoms with Crippen molar-refractivity contribution in [3.05, 3.63) is 11.8 Å². The van der Waals surface area contributed by atoms with E-state index >= 15 is 0 Å². The molecular formula is C12H19NO16S2. The highest BCUT2D eigenvalue weighted by molar-refractivity contribution is 7.83. The second-order valence-electron chi connectivity index (χ2n) is 6.26. The van der Waals surface area contributed by atoms with Crippen LogP contribution in [0.5, 0.6) is 0 Å². The average molecular weight is 497 g/mol. The number of carboxylic acid groups (broad SMARTS) is 1. The molecule has 0 bridgehead atoms. The second-order valence-corrected chi connectivity index (χ2v) is 8.49. The van der Waals surface area contributed by atoms with Crippen LogP contribution in [0.15, 0.2) is 11.8 Å². The van der Waals surface area contributed by atoms with Gasteiger partial charge in [-0.3, -0.25) is 9.11 Å². The summed E-state index contributed by atoms with van der Waals surface area (Å²) in [5.74, 6) is -2.69. The maximum Gasteiger partial charge on any atom is 0.397 e. The molecule has 1 unspecified atom stereocenters. The Morgan fingerprint density at radius 3 is 2.23 bits per heavy atom. The highest BCUT2D eigenvalue weighted by Crippen LogP contribution is 2.29. The van der Waals surface area contributed by atoms with Gasteiger partial charge in [-0.05, 0) is 6.08 Å². The molecule has 0 spiro atoms. The Bertz CT molecular complexity index is 902. The summed E-state index contributed by atoms with van der Waals surface area (Å²) in [7, 11) is -10.2. The van der Waals surface area contributed by atoms with Crippen LogP contribution in [0.2, 0.25) is 0 Å². The molecule has 0 aromatic carbocycles. The predicted octanol–water partition coefficient (Wildman–Crippen LogP) is -4.92. The molecule has 31 heavy (non-hydrogen) atoms. The number of nitrogens with one attached hydrogen (secondary N) is 1. The molecule has 19 heteroatoms. The first-order valence-electron chi connectivity index (χ1n) is 8.11. The van der Waals surface area contributed by atoms with Crippen molar-refractivity contribution in [1.29, 1.82) is 0 Å². The van der Waals surface area contributed by atoms with Gasteiger partial charge in [-0.1, -0.05) is 0 Å². The molecule has 1 fully saturated rings. The zero-order chi connectivity index (χ0) is 23.7. The highest BCUT2D eigenvalue weighted by Gasteiger charge is 2.50. The first-order valence-corrected chi connectivity index (χ1v) is 10.9. The standard InChI is InChI=1S/C12H19NO16S2/c14-2-5-9(7(16)6(11(19)26-5)13-30(20,21)22)28-12-8(29-31(23,24)25)3(15)1-4(27-12)10(17)18/h1,3,5-9,11-16,19H,2H2,(H,17,18)(H,20,21,22)(H,23,24,25)/t3-,5-,6-,7-,8+,9-,11?,12-/m1/s1. The number of carboxylic acids is 1. The van der Waals surface area contributed by atoms with E-state index in [0.29, 0.717) is 6.08 Å². The minimum Gasteiger partial charge on any atom is -0.475 e. The fourth-order valence-electron chi connectivity index (χ4n) is 2.82. The monoisotopic (exact) mass is 497 g/mol. The minimum atomic E-state index is -5.25. The Morgan fingerprint density at radius 1 is 1.13 bits per heavy atom. The molecular weight excluding hydrogens is 478 g/mol. The number of carbonyl (C=O) groups is 1. The predicted molar refractivity (Wildman–Crippen MR) is 90.3 cm³/mol. The van der Waals surface area contributed by atoms with Crippen molar-refractivity contribution in [3.63, 3.8) is 0 Å². The van der Waals surface area contributed by atoms with Gasteiger partial charge in [0.05, 0.1) is 6.61 Å². The van der Waals surface area contributed by atoms with E-state index < -0.39 is 88.2 Å². The number of rotatable bonds is 8. The summed E-state index contributed by atoms with van der Waals surface area (Å²) in [4.78, 5) is 11.1. The van der Waals surface area contributed by atoms with Gasteiger partial charge in [0, 0.05) is 0 Å². The molecule has 8 atom stereocenters. The van der Waals surface area contributed by atoms with E-state index in [0.717, 1.165) is 0 Å². The van der Waals surface area contributed by atoms with Crippen molar-refractivity contribution in [1.82, 2.24) is 4.72 Å². The number of hydrogen-bond acceptors (Lipinski definition) is 13. The molecule has 2 aliphatic heterocycles. The fourth-order valence-corrected chi connectivity index (χ4v) is 3.90. The van der Waals surface area contributed by atoms with Gasteiger partial charge in [0.25, 0.3) is 0 Å². The van der Waals surface area contributed by atoms with Gasteiger partial charge in [-0.15, -0.1) is 0 Å². The van der Waals surface area contributed by atoms with Gasteiger partial charge >= 0.3 is 26.7 Å². The minimum absolute atomic E-state index is 0.516. The van der Waals surface area contributed by atoms with E-state index in [1.807, 2.05) is 0 Å². The molecule has 0 radical (unpaired) electrons. The molecule has 180 valence electrons. The molecule has 0 aromatic heterocycles. The number of ether oxygens (including phenoxy) is 3. The summed E-state index contributed by atoms with van der Waals surface area (Å²) in [6.07, 6.45) is -13.6. The molecule has 2 aliphatic rings. The van der Waals surface area contributed by atoms with Gasteiger partial charge in [0.2, 0.25) is 12.0 Å². The summed E-state index contributed by atoms with van der Waals surface area (Å²) in [5.41, 5.74) is 0. The maximum atomic E-state index is 11.1. The van der Waals surface area contributed by atoms with Crippen LogP contribution < -0.4 is 4.72 Å². The van der Waals surface area contributed by atoms with Crippen LogP contribution in [0.1, 0.15) is 0 Å². The lowest BCUT2D eigenvalue weighted by molar-refractivity contribution is -0.303. The van der Waals surface area contributed by atoms with Crippen molar-refractivity contribution in [2.45, 2.75) is 49.1 Å². The number of aliphatic hydroxyl groups excluding tert-OH is 4. The first-order chi connectivity index (χ1) is 14.1. The third-order valence-corrected chi connectivity index (χ3v) is 5.10. The van der Waals surface area contributed by atoms with E-state index in [9.17, 15) is 42.1 Å². The van der Waals surface area contributed by atoms with E-state index in [-0.39, 0.29) is 0 Å². The van der Waals surface area contributed by atoms with Crippen LogP contribution in [0.3, 0.4) is 0 Å². The topological polar surface area (TPSA) is 276 Å². The third kappa shape index (κ3) is 6.74.